The van der Waals surface area contributed by atoms with Crippen molar-refractivity contribution in [2.75, 3.05) is 12.3 Å². The summed E-state index contributed by atoms with van der Waals surface area (Å²) < 4.78 is 12.7. The molecule has 2 heteroatoms. The third-order valence-electron chi connectivity index (χ3n) is 2.63. The lowest BCUT2D eigenvalue weighted by Gasteiger charge is -2.15. The van der Waals surface area contributed by atoms with Crippen LogP contribution in [-0.4, -0.2) is 12.3 Å². The highest BCUT2D eigenvalue weighted by Gasteiger charge is 2.20. The van der Waals surface area contributed by atoms with E-state index in [9.17, 15) is 4.57 Å². The van der Waals surface area contributed by atoms with E-state index in [0.29, 0.717) is 12.3 Å². The topological polar surface area (TPSA) is 17.1 Å². The molecule has 0 saturated heterocycles. The predicted octanol–water partition coefficient (Wildman–Crippen LogP) is 3.78. The highest BCUT2D eigenvalue weighted by atomic mass is 31.2. The van der Waals surface area contributed by atoms with Crippen LogP contribution in [0.3, 0.4) is 0 Å². The maximum Gasteiger partial charge on any atom is 0.122 e. The van der Waals surface area contributed by atoms with E-state index in [2.05, 4.69) is 19.7 Å². The summed E-state index contributed by atoms with van der Waals surface area (Å²) in [6.45, 7) is 11.1. The van der Waals surface area contributed by atoms with Gasteiger partial charge < -0.3 is 4.57 Å². The average Bonchev–Trinajstić information content (AvgIpc) is 2.31. The Kier molecular flexibility index (Phi) is 5.18. The summed E-state index contributed by atoms with van der Waals surface area (Å²) in [7, 11) is -2.37. The summed E-state index contributed by atoms with van der Waals surface area (Å²) in [6.07, 6.45) is 7.21. The van der Waals surface area contributed by atoms with Crippen LogP contribution < -0.4 is 5.30 Å². The van der Waals surface area contributed by atoms with E-state index in [-0.39, 0.29) is 0 Å². The Bertz CT molecular complexity index is 428. The number of hydrogen-bond donors (Lipinski definition) is 0. The molecule has 0 unspecified atom stereocenters. The van der Waals surface area contributed by atoms with Crippen molar-refractivity contribution < 1.29 is 4.57 Å². The molecule has 0 N–H and O–H groups in total. The van der Waals surface area contributed by atoms with Crippen LogP contribution in [0.2, 0.25) is 0 Å². The van der Waals surface area contributed by atoms with Gasteiger partial charge in [-0.1, -0.05) is 42.5 Å². The maximum absolute atomic E-state index is 12.7. The molecule has 0 spiro atoms. The van der Waals surface area contributed by atoms with Gasteiger partial charge >= 0.3 is 0 Å². The molecule has 1 aromatic carbocycles. The van der Waals surface area contributed by atoms with Crippen molar-refractivity contribution in [1.29, 1.82) is 0 Å². The van der Waals surface area contributed by atoms with Crippen molar-refractivity contribution in [3.8, 4) is 0 Å². The molecule has 0 fully saturated rings. The minimum absolute atomic E-state index is 0.528. The highest BCUT2D eigenvalue weighted by molar-refractivity contribution is 7.71. The molecule has 1 nitrogen and oxygen atoms in total. The average molecular weight is 246 g/mol. The predicted molar refractivity (Wildman–Crippen MR) is 77.7 cm³/mol. The van der Waals surface area contributed by atoms with Crippen molar-refractivity contribution in [1.82, 2.24) is 0 Å². The number of hydrogen-bond acceptors (Lipinski definition) is 1. The quantitative estimate of drug-likeness (QED) is 0.528. The molecule has 1 aromatic rings. The van der Waals surface area contributed by atoms with Gasteiger partial charge in [0.1, 0.15) is 7.14 Å². The Balaban J connectivity index is 3.02. The standard InChI is InChI=1S/C15H19OP/c1-4-7-14-8-10-15(11-9-14)17(16,12-5-2)13-6-3/h4-6,8-11H,1-3,7,12-13H2. The van der Waals surface area contributed by atoms with Crippen LogP contribution in [0.4, 0.5) is 0 Å². The van der Waals surface area contributed by atoms with Gasteiger partial charge in [-0.05, 0) is 12.0 Å². The van der Waals surface area contributed by atoms with Crippen molar-refractivity contribution in [3.05, 3.63) is 67.8 Å². The Morgan fingerprint density at radius 1 is 0.941 bits per heavy atom. The summed E-state index contributed by atoms with van der Waals surface area (Å²) in [5.74, 6) is 0. The fourth-order valence-electron chi connectivity index (χ4n) is 1.77. The molecule has 0 aliphatic rings. The summed E-state index contributed by atoms with van der Waals surface area (Å²) in [5.41, 5.74) is 1.19. The van der Waals surface area contributed by atoms with Crippen LogP contribution >= 0.6 is 7.14 Å². The molecule has 0 atom stereocenters. The zero-order valence-corrected chi connectivity index (χ0v) is 11.0. The largest absolute Gasteiger partial charge is 0.318 e. The van der Waals surface area contributed by atoms with E-state index >= 15 is 0 Å². The van der Waals surface area contributed by atoms with Crippen LogP contribution in [0.5, 0.6) is 0 Å². The molecule has 0 aliphatic carbocycles. The lowest BCUT2D eigenvalue weighted by atomic mass is 10.2. The van der Waals surface area contributed by atoms with E-state index in [1.807, 2.05) is 30.3 Å². The third-order valence-corrected chi connectivity index (χ3v) is 5.57. The second-order valence-electron chi connectivity index (χ2n) is 3.99. The summed E-state index contributed by atoms with van der Waals surface area (Å²) in [4.78, 5) is 0. The fraction of sp³-hybridized carbons (Fsp3) is 0.200. The molecular formula is C15H19OP. The van der Waals surface area contributed by atoms with Crippen LogP contribution in [0.1, 0.15) is 5.56 Å². The van der Waals surface area contributed by atoms with Gasteiger partial charge in [-0.15, -0.1) is 19.7 Å². The van der Waals surface area contributed by atoms with Gasteiger partial charge in [-0.25, -0.2) is 0 Å². The van der Waals surface area contributed by atoms with E-state index in [0.717, 1.165) is 11.7 Å². The second-order valence-corrected chi connectivity index (χ2v) is 7.02. The first-order chi connectivity index (χ1) is 8.16. The van der Waals surface area contributed by atoms with Crippen molar-refractivity contribution in [2.24, 2.45) is 0 Å². The third kappa shape index (κ3) is 3.57. The molecule has 0 radical (unpaired) electrons. The summed E-state index contributed by atoms with van der Waals surface area (Å²) >= 11 is 0. The summed E-state index contributed by atoms with van der Waals surface area (Å²) in [6, 6.07) is 7.92. The van der Waals surface area contributed by atoms with Crippen LogP contribution in [0.15, 0.2) is 62.2 Å². The smallest absolute Gasteiger partial charge is 0.122 e. The normalized spacial score (nSPS) is 10.8. The SMILES string of the molecule is C=CCc1ccc(P(=O)(CC=C)CC=C)cc1. The maximum atomic E-state index is 12.7. The van der Waals surface area contributed by atoms with E-state index < -0.39 is 7.14 Å². The van der Waals surface area contributed by atoms with Gasteiger partial charge in [0.15, 0.2) is 0 Å². The molecule has 0 saturated carbocycles. The van der Waals surface area contributed by atoms with E-state index in [1.54, 1.807) is 12.2 Å². The zero-order chi connectivity index (χ0) is 12.7. The molecular weight excluding hydrogens is 227 g/mol. The van der Waals surface area contributed by atoms with Gasteiger partial charge in [-0.2, -0.15) is 0 Å². The van der Waals surface area contributed by atoms with Gasteiger partial charge in [0.2, 0.25) is 0 Å². The van der Waals surface area contributed by atoms with E-state index in [4.69, 9.17) is 0 Å². The zero-order valence-electron chi connectivity index (χ0n) is 10.1. The molecule has 1 rings (SSSR count). The number of allylic oxidation sites excluding steroid dienone is 3. The Hall–Kier alpha value is -1.33. The molecule has 90 valence electrons. The monoisotopic (exact) mass is 246 g/mol. The first kappa shape index (κ1) is 13.7. The van der Waals surface area contributed by atoms with Crippen LogP contribution in [-0.2, 0) is 11.0 Å². The molecule has 0 heterocycles. The molecule has 17 heavy (non-hydrogen) atoms. The second kappa shape index (κ2) is 6.42. The minimum Gasteiger partial charge on any atom is -0.318 e. The fourth-order valence-corrected chi connectivity index (χ4v) is 3.87. The first-order valence-corrected chi connectivity index (χ1v) is 7.74. The van der Waals surface area contributed by atoms with Crippen molar-refractivity contribution >= 4 is 12.4 Å². The molecule has 0 amide bonds. The summed E-state index contributed by atoms with van der Waals surface area (Å²) in [5, 5.41) is 0.908. The number of benzene rings is 1. The van der Waals surface area contributed by atoms with Gasteiger partial charge in [-0.3, -0.25) is 0 Å². The van der Waals surface area contributed by atoms with Crippen LogP contribution in [0.25, 0.3) is 0 Å². The minimum atomic E-state index is -2.37. The molecule has 0 bridgehead atoms. The van der Waals surface area contributed by atoms with E-state index in [1.165, 1.54) is 5.56 Å². The van der Waals surface area contributed by atoms with Gasteiger partial charge in [0, 0.05) is 17.6 Å². The molecule has 0 aliphatic heterocycles. The Labute approximate surface area is 104 Å². The van der Waals surface area contributed by atoms with Crippen LogP contribution in [0, 0.1) is 0 Å². The van der Waals surface area contributed by atoms with Crippen molar-refractivity contribution in [2.45, 2.75) is 6.42 Å². The Morgan fingerprint density at radius 2 is 1.47 bits per heavy atom. The lowest BCUT2D eigenvalue weighted by Crippen LogP contribution is -2.09. The first-order valence-electron chi connectivity index (χ1n) is 5.66. The molecule has 0 aromatic heterocycles. The Morgan fingerprint density at radius 3 is 1.88 bits per heavy atom. The lowest BCUT2D eigenvalue weighted by molar-refractivity contribution is 0.584. The van der Waals surface area contributed by atoms with Crippen molar-refractivity contribution in [3.63, 3.8) is 0 Å². The van der Waals surface area contributed by atoms with Gasteiger partial charge in [0.05, 0.1) is 0 Å². The number of rotatable bonds is 7. The van der Waals surface area contributed by atoms with Gasteiger partial charge in [0.25, 0.3) is 0 Å². The highest BCUT2D eigenvalue weighted by Crippen LogP contribution is 2.44.